The second-order valence-corrected chi connectivity index (χ2v) is 5.92. The first-order chi connectivity index (χ1) is 11.5. The van der Waals surface area contributed by atoms with Gasteiger partial charge in [0, 0.05) is 35.8 Å². The van der Waals surface area contributed by atoms with Gasteiger partial charge in [-0.2, -0.15) is 0 Å². The number of carbonyl (C=O) groups excluding carboxylic acids is 2. The van der Waals surface area contributed by atoms with Crippen molar-refractivity contribution in [1.82, 2.24) is 0 Å². The average Bonchev–Trinajstić information content (AvgIpc) is 2.66. The molecule has 1 aliphatic rings. The molecule has 1 aliphatic heterocycles. The number of fused-ring (bicyclic) bond motifs is 1. The Morgan fingerprint density at radius 3 is 2.67 bits per heavy atom. The van der Waals surface area contributed by atoms with Gasteiger partial charge in [0.2, 0.25) is 11.8 Å². The number of rotatable bonds is 2. The predicted octanol–water partition coefficient (Wildman–Crippen LogP) is 3.11. The number of halogens is 1. The van der Waals surface area contributed by atoms with E-state index in [-0.39, 0.29) is 18.4 Å². The number of hydrogen-bond donors (Lipinski definition) is 1. The molecule has 0 unspecified atom stereocenters. The van der Waals surface area contributed by atoms with Gasteiger partial charge in [-0.05, 0) is 24.3 Å². The van der Waals surface area contributed by atoms with Gasteiger partial charge in [0.1, 0.15) is 6.54 Å². The highest BCUT2D eigenvalue weighted by Gasteiger charge is 2.24. The molecule has 24 heavy (non-hydrogen) atoms. The van der Waals surface area contributed by atoms with E-state index in [1.165, 1.54) is 6.92 Å². The van der Waals surface area contributed by atoms with Crippen LogP contribution >= 0.6 is 11.6 Å². The maximum atomic E-state index is 12.2. The quantitative estimate of drug-likeness (QED) is 0.912. The summed E-state index contributed by atoms with van der Waals surface area (Å²) >= 11 is 6.33. The second kappa shape index (κ2) is 6.45. The van der Waals surface area contributed by atoms with E-state index in [1.807, 2.05) is 24.3 Å². The Morgan fingerprint density at radius 1 is 1.21 bits per heavy atom. The standard InChI is InChI=1S/C18H16ClN3O2/c1-11(23)21-12-7-8-16-14(9-12)18(20-10-17(24)22(16)2)13-5-3-4-6-15(13)19/h3-9H,10H2,1-2H3,(H,21,23). The summed E-state index contributed by atoms with van der Waals surface area (Å²) in [6, 6.07) is 12.7. The lowest BCUT2D eigenvalue weighted by Crippen LogP contribution is -2.27. The molecule has 0 aliphatic carbocycles. The van der Waals surface area contributed by atoms with Crippen molar-refractivity contribution in [3.8, 4) is 0 Å². The number of nitrogens with one attached hydrogen (secondary N) is 1. The third kappa shape index (κ3) is 3.03. The molecule has 0 spiro atoms. The maximum absolute atomic E-state index is 12.2. The van der Waals surface area contributed by atoms with Gasteiger partial charge in [0.05, 0.1) is 11.4 Å². The number of carbonyl (C=O) groups is 2. The SMILES string of the molecule is CC(=O)Nc1ccc2c(c1)C(c1ccccc1Cl)=NCC(=O)N2C. The fourth-order valence-corrected chi connectivity index (χ4v) is 2.88. The van der Waals surface area contributed by atoms with Gasteiger partial charge in [-0.15, -0.1) is 0 Å². The molecule has 5 nitrogen and oxygen atoms in total. The van der Waals surface area contributed by atoms with Crippen molar-refractivity contribution in [2.45, 2.75) is 6.92 Å². The van der Waals surface area contributed by atoms with Crippen LogP contribution in [0.5, 0.6) is 0 Å². The predicted molar refractivity (Wildman–Crippen MR) is 96.1 cm³/mol. The zero-order valence-electron chi connectivity index (χ0n) is 13.3. The molecule has 3 rings (SSSR count). The number of benzene rings is 2. The van der Waals surface area contributed by atoms with Crippen molar-refractivity contribution in [3.05, 3.63) is 58.6 Å². The molecule has 2 aromatic carbocycles. The Labute approximate surface area is 145 Å². The van der Waals surface area contributed by atoms with Gasteiger partial charge in [0.25, 0.3) is 0 Å². The first-order valence-corrected chi connectivity index (χ1v) is 7.83. The molecule has 6 heteroatoms. The van der Waals surface area contributed by atoms with Crippen LogP contribution in [0.15, 0.2) is 47.5 Å². The number of anilines is 2. The van der Waals surface area contributed by atoms with Crippen LogP contribution in [0, 0.1) is 0 Å². The summed E-state index contributed by atoms with van der Waals surface area (Å²) in [7, 11) is 1.71. The third-order valence-corrected chi connectivity index (χ3v) is 4.14. The van der Waals surface area contributed by atoms with Crippen LogP contribution in [0.1, 0.15) is 18.1 Å². The van der Waals surface area contributed by atoms with E-state index < -0.39 is 0 Å². The molecule has 0 aromatic heterocycles. The van der Waals surface area contributed by atoms with Gasteiger partial charge in [-0.25, -0.2) is 0 Å². The van der Waals surface area contributed by atoms with Crippen LogP contribution in [0.3, 0.4) is 0 Å². The Balaban J connectivity index is 2.21. The van der Waals surface area contributed by atoms with Crippen molar-refractivity contribution in [2.75, 3.05) is 23.8 Å². The number of aliphatic imine (C=N–C) groups is 1. The number of nitrogens with zero attached hydrogens (tertiary/aromatic N) is 2. The Hall–Kier alpha value is -2.66. The average molecular weight is 342 g/mol. The molecular weight excluding hydrogens is 326 g/mol. The first kappa shape index (κ1) is 16.2. The fraction of sp³-hybridized carbons (Fsp3) is 0.167. The highest BCUT2D eigenvalue weighted by Crippen LogP contribution is 2.30. The molecule has 122 valence electrons. The lowest BCUT2D eigenvalue weighted by atomic mass is 9.99. The third-order valence-electron chi connectivity index (χ3n) is 3.81. The first-order valence-electron chi connectivity index (χ1n) is 7.45. The van der Waals surface area contributed by atoms with Crippen molar-refractivity contribution in [3.63, 3.8) is 0 Å². The smallest absolute Gasteiger partial charge is 0.248 e. The van der Waals surface area contributed by atoms with Crippen molar-refractivity contribution in [1.29, 1.82) is 0 Å². The fourth-order valence-electron chi connectivity index (χ4n) is 2.65. The van der Waals surface area contributed by atoms with Gasteiger partial charge in [-0.1, -0.05) is 29.8 Å². The minimum Gasteiger partial charge on any atom is -0.326 e. The highest BCUT2D eigenvalue weighted by molar-refractivity contribution is 6.36. The van der Waals surface area contributed by atoms with Gasteiger partial charge >= 0.3 is 0 Å². The van der Waals surface area contributed by atoms with Crippen LogP contribution in [0.2, 0.25) is 5.02 Å². The molecule has 2 amide bonds. The normalized spacial score (nSPS) is 13.9. The van der Waals surface area contributed by atoms with Crippen LogP contribution in [0.25, 0.3) is 0 Å². The monoisotopic (exact) mass is 341 g/mol. The zero-order chi connectivity index (χ0) is 17.3. The van der Waals surface area contributed by atoms with E-state index in [0.717, 1.165) is 16.8 Å². The molecular formula is C18H16ClN3O2. The summed E-state index contributed by atoms with van der Waals surface area (Å²) in [6.07, 6.45) is 0. The summed E-state index contributed by atoms with van der Waals surface area (Å²) in [5, 5.41) is 3.32. The molecule has 0 bridgehead atoms. The lowest BCUT2D eigenvalue weighted by molar-refractivity contribution is -0.117. The summed E-state index contributed by atoms with van der Waals surface area (Å²) in [6.45, 7) is 1.49. The lowest BCUT2D eigenvalue weighted by Gasteiger charge is -2.19. The molecule has 0 saturated carbocycles. The van der Waals surface area contributed by atoms with E-state index >= 15 is 0 Å². The van der Waals surface area contributed by atoms with Gasteiger partial charge < -0.3 is 10.2 Å². The summed E-state index contributed by atoms with van der Waals surface area (Å²) in [5.41, 5.74) is 3.51. The van der Waals surface area contributed by atoms with Crippen molar-refractivity contribution < 1.29 is 9.59 Å². The molecule has 0 fully saturated rings. The van der Waals surface area contributed by atoms with E-state index in [0.29, 0.717) is 16.4 Å². The van der Waals surface area contributed by atoms with Crippen LogP contribution in [0.4, 0.5) is 11.4 Å². The number of likely N-dealkylation sites (N-methyl/N-ethyl adjacent to an activating group) is 1. The molecule has 0 radical (unpaired) electrons. The Morgan fingerprint density at radius 2 is 1.96 bits per heavy atom. The molecule has 2 aromatic rings. The minimum atomic E-state index is -0.163. The number of benzodiazepines with no additional fused rings is 1. The molecule has 1 heterocycles. The van der Waals surface area contributed by atoms with Crippen LogP contribution in [-0.2, 0) is 9.59 Å². The van der Waals surface area contributed by atoms with E-state index in [9.17, 15) is 9.59 Å². The van der Waals surface area contributed by atoms with Crippen molar-refractivity contribution >= 4 is 40.5 Å². The number of amides is 2. The van der Waals surface area contributed by atoms with Gasteiger partial charge in [-0.3, -0.25) is 14.6 Å². The second-order valence-electron chi connectivity index (χ2n) is 5.51. The zero-order valence-corrected chi connectivity index (χ0v) is 14.1. The van der Waals surface area contributed by atoms with Crippen molar-refractivity contribution in [2.24, 2.45) is 4.99 Å². The maximum Gasteiger partial charge on any atom is 0.248 e. The topological polar surface area (TPSA) is 61.8 Å². The Kier molecular flexibility index (Phi) is 4.36. The van der Waals surface area contributed by atoms with E-state index in [4.69, 9.17) is 11.6 Å². The minimum absolute atomic E-state index is 0.0429. The highest BCUT2D eigenvalue weighted by atomic mass is 35.5. The van der Waals surface area contributed by atoms with E-state index in [2.05, 4.69) is 10.3 Å². The molecule has 0 atom stereocenters. The van der Waals surface area contributed by atoms with E-state index in [1.54, 1.807) is 30.1 Å². The number of hydrogen-bond acceptors (Lipinski definition) is 3. The van der Waals surface area contributed by atoms with Gasteiger partial charge in [0.15, 0.2) is 0 Å². The summed E-state index contributed by atoms with van der Waals surface area (Å²) < 4.78 is 0. The van der Waals surface area contributed by atoms with Crippen LogP contribution < -0.4 is 10.2 Å². The summed E-state index contributed by atoms with van der Waals surface area (Å²) in [5.74, 6) is -0.269. The molecule has 0 saturated heterocycles. The Bertz CT molecular complexity index is 861. The van der Waals surface area contributed by atoms with Crippen LogP contribution in [-0.4, -0.2) is 31.1 Å². The molecule has 1 N–H and O–H groups in total. The largest absolute Gasteiger partial charge is 0.326 e. The summed E-state index contributed by atoms with van der Waals surface area (Å²) in [4.78, 5) is 29.6.